The maximum atomic E-state index is 12.4. The lowest BCUT2D eigenvalue weighted by Gasteiger charge is -2.26. The molecule has 1 aliphatic rings. The quantitative estimate of drug-likeness (QED) is 0.377. The average Bonchev–Trinajstić information content (AvgIpc) is 2.59. The highest BCUT2D eigenvalue weighted by Crippen LogP contribution is 2.42. The summed E-state index contributed by atoms with van der Waals surface area (Å²) < 4.78 is 10.3. The summed E-state index contributed by atoms with van der Waals surface area (Å²) in [5, 5.41) is 20.8. The normalized spacial score (nSPS) is 16.7. The Balaban J connectivity index is 2.68. The molecule has 1 atom stereocenters. The van der Waals surface area contributed by atoms with Crippen LogP contribution in [0.2, 0.25) is 0 Å². The van der Waals surface area contributed by atoms with Crippen LogP contribution in [0, 0.1) is 21.4 Å². The lowest BCUT2D eigenvalue weighted by molar-refractivity contribution is -0.385. The highest BCUT2D eigenvalue weighted by Gasteiger charge is 2.39. The molecule has 0 radical (unpaired) electrons. The fourth-order valence-electron chi connectivity index (χ4n) is 2.57. The van der Waals surface area contributed by atoms with E-state index in [1.807, 2.05) is 6.07 Å². The van der Waals surface area contributed by atoms with E-state index in [2.05, 4.69) is 6.58 Å². The SMILES string of the molecule is C=CCOC(=O)C1=C(C)OC(N)=C(C#N)[C@H]1c1ccccc1[N+](=O)[O-]. The van der Waals surface area contributed by atoms with Crippen LogP contribution in [-0.4, -0.2) is 17.5 Å². The number of nitro groups is 1. The van der Waals surface area contributed by atoms with Crippen LogP contribution in [0.4, 0.5) is 5.69 Å². The number of hydrogen-bond acceptors (Lipinski definition) is 7. The van der Waals surface area contributed by atoms with E-state index in [9.17, 15) is 20.2 Å². The minimum Gasteiger partial charge on any atom is -0.458 e. The third-order valence-electron chi connectivity index (χ3n) is 3.60. The van der Waals surface area contributed by atoms with Crippen LogP contribution in [0.5, 0.6) is 0 Å². The molecule has 0 unspecified atom stereocenters. The van der Waals surface area contributed by atoms with Gasteiger partial charge in [-0.3, -0.25) is 10.1 Å². The topological polar surface area (TPSA) is 128 Å². The lowest BCUT2D eigenvalue weighted by atomic mass is 9.82. The van der Waals surface area contributed by atoms with Gasteiger partial charge in [0, 0.05) is 11.6 Å². The molecule has 8 heteroatoms. The van der Waals surface area contributed by atoms with Gasteiger partial charge in [0.25, 0.3) is 5.69 Å². The van der Waals surface area contributed by atoms with Gasteiger partial charge in [0.05, 0.1) is 16.4 Å². The molecule has 1 aromatic carbocycles. The zero-order valence-corrected chi connectivity index (χ0v) is 13.4. The summed E-state index contributed by atoms with van der Waals surface area (Å²) in [4.78, 5) is 23.2. The summed E-state index contributed by atoms with van der Waals surface area (Å²) in [5.41, 5.74) is 5.57. The van der Waals surface area contributed by atoms with Crippen LogP contribution >= 0.6 is 0 Å². The zero-order valence-electron chi connectivity index (χ0n) is 13.4. The second kappa shape index (κ2) is 7.31. The Bertz CT molecular complexity index is 848. The molecule has 0 spiro atoms. The largest absolute Gasteiger partial charge is 0.458 e. The maximum Gasteiger partial charge on any atom is 0.338 e. The van der Waals surface area contributed by atoms with Crippen molar-refractivity contribution in [2.75, 3.05) is 6.61 Å². The number of nitrogens with two attached hydrogens (primary N) is 1. The number of benzene rings is 1. The molecule has 128 valence electrons. The van der Waals surface area contributed by atoms with E-state index in [1.165, 1.54) is 31.2 Å². The third-order valence-corrected chi connectivity index (χ3v) is 3.60. The molecule has 2 N–H and O–H groups in total. The number of rotatable bonds is 5. The number of carbonyl (C=O) groups is 1. The fourth-order valence-corrected chi connectivity index (χ4v) is 2.57. The molecule has 1 aliphatic heterocycles. The Morgan fingerprint density at radius 3 is 2.84 bits per heavy atom. The smallest absolute Gasteiger partial charge is 0.338 e. The van der Waals surface area contributed by atoms with Crippen molar-refractivity contribution in [3.63, 3.8) is 0 Å². The highest BCUT2D eigenvalue weighted by atomic mass is 16.6. The molecular weight excluding hydrogens is 326 g/mol. The van der Waals surface area contributed by atoms with Gasteiger partial charge >= 0.3 is 5.97 Å². The van der Waals surface area contributed by atoms with Crippen LogP contribution in [0.1, 0.15) is 18.4 Å². The standard InChI is InChI=1S/C17H15N3O5/c1-3-8-24-17(21)14-10(2)25-16(19)12(9-18)15(14)11-6-4-5-7-13(11)20(22)23/h3-7,15H,1,8,19H2,2H3/t15-/m1/s1. The molecule has 8 nitrogen and oxygen atoms in total. The van der Waals surface area contributed by atoms with E-state index in [4.69, 9.17) is 15.2 Å². The molecule has 0 fully saturated rings. The van der Waals surface area contributed by atoms with E-state index < -0.39 is 16.8 Å². The van der Waals surface area contributed by atoms with Gasteiger partial charge in [0.15, 0.2) is 0 Å². The number of esters is 1. The van der Waals surface area contributed by atoms with Gasteiger partial charge < -0.3 is 15.2 Å². The molecule has 0 amide bonds. The Hall–Kier alpha value is -3.60. The summed E-state index contributed by atoms with van der Waals surface area (Å²) in [7, 11) is 0. The lowest BCUT2D eigenvalue weighted by Crippen LogP contribution is -2.26. The number of allylic oxidation sites excluding steroid dienone is 2. The van der Waals surface area contributed by atoms with Crippen molar-refractivity contribution in [1.82, 2.24) is 0 Å². The number of nitro benzene ring substituents is 1. The van der Waals surface area contributed by atoms with Crippen LogP contribution in [0.15, 0.2) is 59.7 Å². The van der Waals surface area contributed by atoms with Gasteiger partial charge in [-0.05, 0) is 6.92 Å². The van der Waals surface area contributed by atoms with Gasteiger partial charge in [0.1, 0.15) is 24.0 Å². The summed E-state index contributed by atoms with van der Waals surface area (Å²) in [5.74, 6) is -1.91. The average molecular weight is 341 g/mol. The molecule has 0 saturated heterocycles. The number of para-hydroxylation sites is 1. The number of nitriles is 1. The first kappa shape index (κ1) is 17.7. The Morgan fingerprint density at radius 2 is 2.24 bits per heavy atom. The monoisotopic (exact) mass is 341 g/mol. The van der Waals surface area contributed by atoms with Gasteiger partial charge in [-0.25, -0.2) is 4.79 Å². The second-order valence-electron chi connectivity index (χ2n) is 5.10. The van der Waals surface area contributed by atoms with Crippen molar-refractivity contribution in [1.29, 1.82) is 5.26 Å². The van der Waals surface area contributed by atoms with Crippen molar-refractivity contribution < 1.29 is 19.2 Å². The van der Waals surface area contributed by atoms with Crippen LogP contribution in [-0.2, 0) is 14.3 Å². The summed E-state index contributed by atoms with van der Waals surface area (Å²) in [6.07, 6.45) is 1.38. The molecule has 2 rings (SSSR count). The van der Waals surface area contributed by atoms with Gasteiger partial charge in [-0.1, -0.05) is 30.9 Å². The third kappa shape index (κ3) is 3.35. The molecule has 0 bridgehead atoms. The fraction of sp³-hybridized carbons (Fsp3) is 0.176. The van der Waals surface area contributed by atoms with E-state index in [0.717, 1.165) is 0 Å². The molecule has 0 saturated carbocycles. The molecule has 25 heavy (non-hydrogen) atoms. The Morgan fingerprint density at radius 1 is 1.56 bits per heavy atom. The van der Waals surface area contributed by atoms with Gasteiger partial charge in [0.2, 0.25) is 5.88 Å². The number of hydrogen-bond donors (Lipinski definition) is 1. The van der Waals surface area contributed by atoms with E-state index in [0.29, 0.717) is 0 Å². The molecule has 0 aliphatic carbocycles. The van der Waals surface area contributed by atoms with Crippen LogP contribution in [0.25, 0.3) is 0 Å². The first-order valence-corrected chi connectivity index (χ1v) is 7.22. The van der Waals surface area contributed by atoms with Crippen molar-refractivity contribution >= 4 is 11.7 Å². The van der Waals surface area contributed by atoms with E-state index in [-0.39, 0.29) is 40.6 Å². The van der Waals surface area contributed by atoms with Crippen molar-refractivity contribution in [3.8, 4) is 6.07 Å². The van der Waals surface area contributed by atoms with Crippen molar-refractivity contribution in [2.45, 2.75) is 12.8 Å². The zero-order chi connectivity index (χ0) is 18.6. The minimum absolute atomic E-state index is 0.0121. The van der Waals surface area contributed by atoms with Crippen molar-refractivity contribution in [2.24, 2.45) is 5.73 Å². The maximum absolute atomic E-state index is 12.4. The number of nitrogens with zero attached hydrogens (tertiary/aromatic N) is 2. The number of carbonyl (C=O) groups excluding carboxylic acids is 1. The van der Waals surface area contributed by atoms with E-state index >= 15 is 0 Å². The Labute approximate surface area is 143 Å². The van der Waals surface area contributed by atoms with Crippen LogP contribution in [0.3, 0.4) is 0 Å². The van der Waals surface area contributed by atoms with Crippen molar-refractivity contribution in [3.05, 3.63) is 75.4 Å². The second-order valence-corrected chi connectivity index (χ2v) is 5.10. The van der Waals surface area contributed by atoms with E-state index in [1.54, 1.807) is 6.07 Å². The summed E-state index contributed by atoms with van der Waals surface area (Å²) >= 11 is 0. The Kier molecular flexibility index (Phi) is 5.19. The van der Waals surface area contributed by atoms with Gasteiger partial charge in [-0.2, -0.15) is 5.26 Å². The van der Waals surface area contributed by atoms with Gasteiger partial charge in [-0.15, -0.1) is 0 Å². The molecule has 1 heterocycles. The molecule has 1 aromatic rings. The summed E-state index contributed by atoms with van der Waals surface area (Å²) in [6.45, 7) is 4.88. The first-order chi connectivity index (χ1) is 11.9. The predicted molar refractivity (Wildman–Crippen MR) is 87.6 cm³/mol. The number of ether oxygens (including phenoxy) is 2. The summed E-state index contributed by atoms with van der Waals surface area (Å²) in [6, 6.07) is 7.70. The van der Waals surface area contributed by atoms with Crippen LogP contribution < -0.4 is 5.73 Å². The highest BCUT2D eigenvalue weighted by molar-refractivity contribution is 5.93. The first-order valence-electron chi connectivity index (χ1n) is 7.22. The minimum atomic E-state index is -1.06. The predicted octanol–water partition coefficient (Wildman–Crippen LogP) is 2.41. The molecule has 0 aromatic heterocycles. The molecular formula is C17H15N3O5.